The van der Waals surface area contributed by atoms with Gasteiger partial charge in [0.05, 0.1) is 4.90 Å². The first-order valence-electron chi connectivity index (χ1n) is 8.37. The van der Waals surface area contributed by atoms with Crippen molar-refractivity contribution in [2.24, 2.45) is 5.92 Å². The second kappa shape index (κ2) is 5.99. The Balaban J connectivity index is 2.03. The van der Waals surface area contributed by atoms with Crippen molar-refractivity contribution in [1.29, 1.82) is 0 Å². The fourth-order valence-corrected chi connectivity index (χ4v) is 6.44. The molecule has 0 bridgehead atoms. The van der Waals surface area contributed by atoms with E-state index in [1.54, 1.807) is 18.2 Å². The van der Waals surface area contributed by atoms with E-state index in [9.17, 15) is 22.0 Å². The van der Waals surface area contributed by atoms with Gasteiger partial charge in [-0.15, -0.1) is 0 Å². The molecule has 0 spiro atoms. The maximum atomic E-state index is 13.9. The van der Waals surface area contributed by atoms with E-state index < -0.39 is 45.2 Å². The van der Waals surface area contributed by atoms with Gasteiger partial charge in [0, 0.05) is 17.4 Å². The second-order valence-electron chi connectivity index (χ2n) is 6.81. The molecule has 1 aliphatic carbocycles. The highest BCUT2D eigenvalue weighted by Gasteiger charge is 2.68. The van der Waals surface area contributed by atoms with Crippen molar-refractivity contribution in [3.8, 4) is 5.75 Å². The van der Waals surface area contributed by atoms with Gasteiger partial charge in [0.25, 0.3) is 0 Å². The Morgan fingerprint density at radius 3 is 2.37 bits per heavy atom. The number of halogens is 2. The highest BCUT2D eigenvalue weighted by Crippen LogP contribution is 2.60. The first-order chi connectivity index (χ1) is 12.8. The Hall–Kier alpha value is -2.54. The van der Waals surface area contributed by atoms with Crippen LogP contribution in [0.15, 0.2) is 71.6 Å². The predicted molar refractivity (Wildman–Crippen MR) is 94.4 cm³/mol. The van der Waals surface area contributed by atoms with Crippen molar-refractivity contribution < 1.29 is 26.7 Å². The van der Waals surface area contributed by atoms with Gasteiger partial charge in [0.15, 0.2) is 14.6 Å². The summed E-state index contributed by atoms with van der Waals surface area (Å²) in [4.78, 5) is 12.9. The molecule has 140 valence electrons. The SMILES string of the molecule is C=C1C[C@@]2(S(=O)(=O)c3ccccc3)C(=O)Oc3ccccc3[C@H]2[C@H]1C(F)F. The van der Waals surface area contributed by atoms with Gasteiger partial charge in [-0.25, -0.2) is 22.0 Å². The van der Waals surface area contributed by atoms with E-state index in [1.807, 2.05) is 0 Å². The lowest BCUT2D eigenvalue weighted by atomic mass is 9.80. The molecular formula is C20H16F2O4S. The molecular weight excluding hydrogens is 374 g/mol. The molecule has 1 fully saturated rings. The maximum absolute atomic E-state index is 13.9. The number of hydrogen-bond acceptors (Lipinski definition) is 4. The Kier molecular flexibility index (Phi) is 3.96. The van der Waals surface area contributed by atoms with Gasteiger partial charge in [-0.1, -0.05) is 48.6 Å². The number of rotatable bonds is 3. The van der Waals surface area contributed by atoms with Crippen LogP contribution in [0.25, 0.3) is 0 Å². The largest absolute Gasteiger partial charge is 0.425 e. The van der Waals surface area contributed by atoms with Crippen LogP contribution in [0.3, 0.4) is 0 Å². The Morgan fingerprint density at radius 1 is 1.07 bits per heavy atom. The monoisotopic (exact) mass is 390 g/mol. The standard InChI is InChI=1S/C20H16F2O4S/c1-12-11-20(27(24,25)13-7-3-2-4-8-13)17(16(12)18(21)22)14-9-5-6-10-15(14)26-19(20)23/h2-10,16-18H,1,11H2/t16-,17-,20-/m0/s1. The summed E-state index contributed by atoms with van der Waals surface area (Å²) in [6.45, 7) is 3.69. The van der Waals surface area contributed by atoms with Crippen molar-refractivity contribution in [2.45, 2.75) is 28.4 Å². The van der Waals surface area contributed by atoms with E-state index in [4.69, 9.17) is 4.74 Å². The van der Waals surface area contributed by atoms with Crippen molar-refractivity contribution in [3.05, 3.63) is 72.3 Å². The molecule has 2 aliphatic rings. The van der Waals surface area contributed by atoms with Crippen molar-refractivity contribution in [2.75, 3.05) is 0 Å². The predicted octanol–water partition coefficient (Wildman–Crippen LogP) is 3.74. The molecule has 2 aromatic rings. The molecule has 0 radical (unpaired) electrons. The van der Waals surface area contributed by atoms with Gasteiger partial charge in [-0.05, 0) is 24.6 Å². The normalized spacial score (nSPS) is 27.2. The topological polar surface area (TPSA) is 60.4 Å². The van der Waals surface area contributed by atoms with Crippen molar-refractivity contribution in [1.82, 2.24) is 0 Å². The Bertz CT molecular complexity index is 1030. The van der Waals surface area contributed by atoms with Gasteiger partial charge in [0.1, 0.15) is 5.75 Å². The quantitative estimate of drug-likeness (QED) is 0.455. The molecule has 1 saturated carbocycles. The first-order valence-corrected chi connectivity index (χ1v) is 9.85. The van der Waals surface area contributed by atoms with Crippen LogP contribution in [0.1, 0.15) is 17.9 Å². The van der Waals surface area contributed by atoms with E-state index >= 15 is 0 Å². The molecule has 1 heterocycles. The third-order valence-electron chi connectivity index (χ3n) is 5.43. The van der Waals surface area contributed by atoms with Gasteiger partial charge in [-0.2, -0.15) is 0 Å². The summed E-state index contributed by atoms with van der Waals surface area (Å²) in [5.74, 6) is -3.61. The minimum Gasteiger partial charge on any atom is -0.425 e. The zero-order valence-corrected chi connectivity index (χ0v) is 15.0. The fraction of sp³-hybridized carbons (Fsp3) is 0.250. The van der Waals surface area contributed by atoms with E-state index in [-0.39, 0.29) is 16.2 Å². The van der Waals surface area contributed by atoms with Crippen LogP contribution in [0.4, 0.5) is 8.78 Å². The molecule has 3 atom stereocenters. The lowest BCUT2D eigenvalue weighted by molar-refractivity contribution is -0.139. The fourth-order valence-electron chi connectivity index (χ4n) is 4.26. The number of esters is 1. The molecule has 2 aromatic carbocycles. The highest BCUT2D eigenvalue weighted by molar-refractivity contribution is 7.93. The van der Waals surface area contributed by atoms with Crippen LogP contribution in [-0.2, 0) is 14.6 Å². The molecule has 4 rings (SSSR count). The van der Waals surface area contributed by atoms with Crippen molar-refractivity contribution >= 4 is 15.8 Å². The van der Waals surface area contributed by atoms with E-state index in [0.29, 0.717) is 5.56 Å². The number of ether oxygens (including phenoxy) is 1. The van der Waals surface area contributed by atoms with Gasteiger partial charge in [-0.3, -0.25) is 0 Å². The Labute approximate surface area is 155 Å². The molecule has 27 heavy (non-hydrogen) atoms. The summed E-state index contributed by atoms with van der Waals surface area (Å²) in [5, 5.41) is 0. The number of allylic oxidation sites excluding steroid dienone is 1. The third-order valence-corrected chi connectivity index (χ3v) is 7.85. The molecule has 0 saturated heterocycles. The first kappa shape index (κ1) is 17.9. The number of para-hydroxylation sites is 1. The van der Waals surface area contributed by atoms with Crippen LogP contribution in [0.5, 0.6) is 5.75 Å². The summed E-state index contributed by atoms with van der Waals surface area (Å²) >= 11 is 0. The lowest BCUT2D eigenvalue weighted by Gasteiger charge is -2.38. The molecule has 0 unspecified atom stereocenters. The summed E-state index contributed by atoms with van der Waals surface area (Å²) in [6, 6.07) is 13.6. The number of benzene rings is 2. The minimum absolute atomic E-state index is 0.0446. The molecule has 0 aromatic heterocycles. The van der Waals surface area contributed by atoms with Gasteiger partial charge in [0.2, 0.25) is 6.43 Å². The maximum Gasteiger partial charge on any atom is 0.334 e. The summed E-state index contributed by atoms with van der Waals surface area (Å²) < 4.78 is 58.1. The van der Waals surface area contributed by atoms with Crippen LogP contribution < -0.4 is 4.74 Å². The van der Waals surface area contributed by atoms with Crippen LogP contribution >= 0.6 is 0 Å². The van der Waals surface area contributed by atoms with Gasteiger partial charge >= 0.3 is 5.97 Å². The number of carbonyl (C=O) groups is 1. The zero-order valence-electron chi connectivity index (χ0n) is 14.1. The molecule has 4 nitrogen and oxygen atoms in total. The van der Waals surface area contributed by atoms with E-state index in [0.717, 1.165) is 0 Å². The smallest absolute Gasteiger partial charge is 0.334 e. The molecule has 7 heteroatoms. The third kappa shape index (κ3) is 2.31. The number of alkyl halides is 2. The van der Waals surface area contributed by atoms with Crippen molar-refractivity contribution in [3.63, 3.8) is 0 Å². The second-order valence-corrected chi connectivity index (χ2v) is 9.01. The van der Waals surface area contributed by atoms with Crippen LogP contribution in [0.2, 0.25) is 0 Å². The van der Waals surface area contributed by atoms with Crippen LogP contribution in [0, 0.1) is 5.92 Å². The minimum atomic E-state index is -4.32. The molecule has 0 amide bonds. The van der Waals surface area contributed by atoms with E-state index in [1.165, 1.54) is 36.4 Å². The molecule has 0 N–H and O–H groups in total. The van der Waals surface area contributed by atoms with Gasteiger partial charge < -0.3 is 4.74 Å². The van der Waals surface area contributed by atoms with Crippen LogP contribution in [-0.4, -0.2) is 25.6 Å². The summed E-state index contributed by atoms with van der Waals surface area (Å²) in [5.41, 5.74) is 0.337. The highest BCUT2D eigenvalue weighted by atomic mass is 32.2. The number of hydrogen-bond donors (Lipinski definition) is 0. The average molecular weight is 390 g/mol. The van der Waals surface area contributed by atoms with E-state index in [2.05, 4.69) is 6.58 Å². The Morgan fingerprint density at radius 2 is 1.70 bits per heavy atom. The summed E-state index contributed by atoms with van der Waals surface area (Å²) in [6.07, 6.45) is -3.24. The average Bonchev–Trinajstić information content (AvgIpc) is 2.98. The number of fused-ring (bicyclic) bond motifs is 3. The molecule has 1 aliphatic heterocycles. The summed E-state index contributed by atoms with van der Waals surface area (Å²) in [7, 11) is -4.32. The number of sulfone groups is 1. The lowest BCUT2D eigenvalue weighted by Crippen LogP contribution is -2.54. The number of carbonyl (C=O) groups excluding carboxylic acids is 1. The zero-order chi connectivity index (χ0) is 19.4.